The van der Waals surface area contributed by atoms with E-state index in [9.17, 15) is 4.79 Å². The Labute approximate surface area is 108 Å². The van der Waals surface area contributed by atoms with E-state index in [4.69, 9.17) is 4.74 Å². The van der Waals surface area contributed by atoms with Gasteiger partial charge in [0.25, 0.3) is 5.56 Å². The molecular formula is C13H12N4O2. The van der Waals surface area contributed by atoms with E-state index in [1.165, 1.54) is 6.07 Å². The van der Waals surface area contributed by atoms with Crippen molar-refractivity contribution in [1.29, 1.82) is 0 Å². The first-order chi connectivity index (χ1) is 9.19. The lowest BCUT2D eigenvalue weighted by Gasteiger charge is -2.04. The molecule has 0 aliphatic rings. The lowest BCUT2D eigenvalue weighted by Crippen LogP contribution is -2.09. The first-order valence-corrected chi connectivity index (χ1v) is 5.78. The van der Waals surface area contributed by atoms with Crippen molar-refractivity contribution in [3.05, 3.63) is 46.4 Å². The van der Waals surface area contributed by atoms with Gasteiger partial charge in [-0.1, -0.05) is 0 Å². The van der Waals surface area contributed by atoms with Crippen LogP contribution in [0.2, 0.25) is 0 Å². The zero-order valence-corrected chi connectivity index (χ0v) is 10.5. The van der Waals surface area contributed by atoms with Crippen LogP contribution in [0.15, 0.2) is 35.1 Å². The van der Waals surface area contributed by atoms with E-state index >= 15 is 0 Å². The van der Waals surface area contributed by atoms with Crippen molar-refractivity contribution >= 4 is 5.78 Å². The number of aromatic nitrogens is 4. The van der Waals surface area contributed by atoms with Crippen molar-refractivity contribution < 1.29 is 4.74 Å². The van der Waals surface area contributed by atoms with Crippen LogP contribution in [0, 0.1) is 6.92 Å². The van der Waals surface area contributed by atoms with E-state index in [0.717, 1.165) is 17.0 Å². The molecule has 0 aliphatic heterocycles. The Kier molecular flexibility index (Phi) is 2.56. The molecule has 2 aromatic heterocycles. The fourth-order valence-corrected chi connectivity index (χ4v) is 2.03. The van der Waals surface area contributed by atoms with Gasteiger partial charge in [-0.05, 0) is 31.2 Å². The highest BCUT2D eigenvalue weighted by molar-refractivity contribution is 5.59. The number of aromatic amines is 1. The summed E-state index contributed by atoms with van der Waals surface area (Å²) < 4.78 is 6.93. The molecule has 0 fully saturated rings. The average Bonchev–Trinajstić information content (AvgIpc) is 2.83. The molecule has 6 nitrogen and oxygen atoms in total. The maximum Gasteiger partial charge on any atom is 0.252 e. The number of aryl methyl sites for hydroxylation is 1. The molecule has 0 bridgehead atoms. The van der Waals surface area contributed by atoms with Gasteiger partial charge in [0, 0.05) is 17.3 Å². The summed E-state index contributed by atoms with van der Waals surface area (Å²) in [4.78, 5) is 14.0. The molecule has 19 heavy (non-hydrogen) atoms. The fraction of sp³-hybridized carbons (Fsp3) is 0.154. The maximum atomic E-state index is 11.4. The lowest BCUT2D eigenvalue weighted by atomic mass is 10.2. The number of H-pyrrole nitrogens is 1. The normalized spacial score (nSPS) is 10.8. The number of hydrogen-bond donors (Lipinski definition) is 1. The van der Waals surface area contributed by atoms with Crippen LogP contribution in [0.3, 0.4) is 0 Å². The molecule has 0 amide bonds. The summed E-state index contributed by atoms with van der Waals surface area (Å²) in [5, 5.41) is 8.11. The number of rotatable bonds is 2. The van der Waals surface area contributed by atoms with Crippen molar-refractivity contribution in [3.63, 3.8) is 0 Å². The molecule has 3 rings (SSSR count). The molecule has 0 unspecified atom stereocenters. The van der Waals surface area contributed by atoms with Crippen molar-refractivity contribution in [2.45, 2.75) is 6.92 Å². The summed E-state index contributed by atoms with van der Waals surface area (Å²) >= 11 is 0. The van der Waals surface area contributed by atoms with Gasteiger partial charge in [-0.2, -0.15) is 0 Å². The predicted octanol–water partition coefficient (Wildman–Crippen LogP) is 1.40. The summed E-state index contributed by atoms with van der Waals surface area (Å²) in [7, 11) is 1.62. The van der Waals surface area contributed by atoms with Crippen LogP contribution in [0.25, 0.3) is 17.2 Å². The van der Waals surface area contributed by atoms with E-state index in [2.05, 4.69) is 15.2 Å². The third kappa shape index (κ3) is 1.87. The third-order valence-electron chi connectivity index (χ3n) is 2.94. The summed E-state index contributed by atoms with van der Waals surface area (Å²) in [6, 6.07) is 9.04. The number of nitrogens with zero attached hydrogens (tertiary/aromatic N) is 3. The number of nitrogens with one attached hydrogen (secondary N) is 1. The molecule has 0 atom stereocenters. The SMILES string of the molecule is COc1ccc(-c2nnc3[nH]c(=O)cc(C)n23)cc1. The zero-order chi connectivity index (χ0) is 13.4. The Balaban J connectivity index is 2.22. The van der Waals surface area contributed by atoms with E-state index < -0.39 is 0 Å². The van der Waals surface area contributed by atoms with Crippen LogP contribution in [-0.2, 0) is 0 Å². The molecule has 6 heteroatoms. The van der Waals surface area contributed by atoms with Crippen LogP contribution in [0.1, 0.15) is 5.69 Å². The Morgan fingerprint density at radius 3 is 2.63 bits per heavy atom. The lowest BCUT2D eigenvalue weighted by molar-refractivity contribution is 0.415. The number of methoxy groups -OCH3 is 1. The second-order valence-electron chi connectivity index (χ2n) is 4.19. The highest BCUT2D eigenvalue weighted by Gasteiger charge is 2.10. The highest BCUT2D eigenvalue weighted by atomic mass is 16.5. The monoisotopic (exact) mass is 256 g/mol. The van der Waals surface area contributed by atoms with Crippen LogP contribution >= 0.6 is 0 Å². The van der Waals surface area contributed by atoms with Gasteiger partial charge < -0.3 is 4.74 Å². The molecule has 0 radical (unpaired) electrons. The number of ether oxygens (including phenoxy) is 1. The van der Waals surface area contributed by atoms with E-state index in [-0.39, 0.29) is 5.56 Å². The van der Waals surface area contributed by atoms with Gasteiger partial charge in [0.2, 0.25) is 5.78 Å². The van der Waals surface area contributed by atoms with E-state index in [1.807, 2.05) is 35.6 Å². The number of fused-ring (bicyclic) bond motifs is 1. The molecule has 0 aliphatic carbocycles. The molecule has 1 N–H and O–H groups in total. The third-order valence-corrected chi connectivity index (χ3v) is 2.94. The van der Waals surface area contributed by atoms with Gasteiger partial charge in [0.15, 0.2) is 5.82 Å². The summed E-state index contributed by atoms with van der Waals surface area (Å²) in [6.45, 7) is 1.85. The first kappa shape index (κ1) is 11.5. The molecule has 1 aromatic carbocycles. The van der Waals surface area contributed by atoms with Crippen molar-refractivity contribution in [2.75, 3.05) is 7.11 Å². The number of hydrogen-bond acceptors (Lipinski definition) is 4. The largest absolute Gasteiger partial charge is 0.497 e. The zero-order valence-electron chi connectivity index (χ0n) is 10.5. The second-order valence-corrected chi connectivity index (χ2v) is 4.19. The van der Waals surface area contributed by atoms with Gasteiger partial charge in [-0.25, -0.2) is 0 Å². The minimum atomic E-state index is -0.182. The van der Waals surface area contributed by atoms with Crippen LogP contribution < -0.4 is 10.3 Å². The molecule has 0 saturated heterocycles. The molecular weight excluding hydrogens is 244 g/mol. The minimum absolute atomic E-state index is 0.182. The van der Waals surface area contributed by atoms with Gasteiger partial charge >= 0.3 is 0 Å². The second kappa shape index (κ2) is 4.24. The van der Waals surface area contributed by atoms with E-state index in [0.29, 0.717) is 11.6 Å². The van der Waals surface area contributed by atoms with Crippen molar-refractivity contribution in [1.82, 2.24) is 19.6 Å². The summed E-state index contributed by atoms with van der Waals surface area (Å²) in [6.07, 6.45) is 0. The molecule has 0 spiro atoms. The highest BCUT2D eigenvalue weighted by Crippen LogP contribution is 2.21. The Bertz CT molecular complexity index is 787. The van der Waals surface area contributed by atoms with Gasteiger partial charge in [0.05, 0.1) is 7.11 Å². The van der Waals surface area contributed by atoms with Crippen molar-refractivity contribution in [2.24, 2.45) is 0 Å². The smallest absolute Gasteiger partial charge is 0.252 e. The van der Waals surface area contributed by atoms with Crippen LogP contribution in [-0.4, -0.2) is 26.7 Å². The molecule has 3 aromatic rings. The number of benzene rings is 1. The Morgan fingerprint density at radius 2 is 1.95 bits per heavy atom. The molecule has 2 heterocycles. The average molecular weight is 256 g/mol. The van der Waals surface area contributed by atoms with Gasteiger partial charge in [-0.3, -0.25) is 14.2 Å². The minimum Gasteiger partial charge on any atom is -0.497 e. The maximum absolute atomic E-state index is 11.4. The van der Waals surface area contributed by atoms with Crippen molar-refractivity contribution in [3.8, 4) is 17.1 Å². The quantitative estimate of drug-likeness (QED) is 0.752. The predicted molar refractivity (Wildman–Crippen MR) is 70.3 cm³/mol. The standard InChI is InChI=1S/C13H12N4O2/c1-8-7-11(18)14-13-16-15-12(17(8)13)9-3-5-10(19-2)6-4-9/h3-7H,1-2H3,(H,14,16,18). The van der Waals surface area contributed by atoms with Crippen LogP contribution in [0.5, 0.6) is 5.75 Å². The summed E-state index contributed by atoms with van der Waals surface area (Å²) in [5.41, 5.74) is 1.51. The topological polar surface area (TPSA) is 72.3 Å². The first-order valence-electron chi connectivity index (χ1n) is 5.78. The Hall–Kier alpha value is -2.63. The molecule has 96 valence electrons. The fourth-order valence-electron chi connectivity index (χ4n) is 2.03. The van der Waals surface area contributed by atoms with E-state index in [1.54, 1.807) is 7.11 Å². The van der Waals surface area contributed by atoms with Gasteiger partial charge in [0.1, 0.15) is 5.75 Å². The van der Waals surface area contributed by atoms with Gasteiger partial charge in [-0.15, -0.1) is 10.2 Å². The Morgan fingerprint density at radius 1 is 1.21 bits per heavy atom. The summed E-state index contributed by atoms with van der Waals surface area (Å²) in [5.74, 6) is 1.91. The van der Waals surface area contributed by atoms with Crippen LogP contribution in [0.4, 0.5) is 0 Å². The molecule has 0 saturated carbocycles.